The fourth-order valence-electron chi connectivity index (χ4n) is 5.89. The Labute approximate surface area is 204 Å². The van der Waals surface area contributed by atoms with Crippen LogP contribution in [0.3, 0.4) is 0 Å². The van der Waals surface area contributed by atoms with Crippen LogP contribution >= 0.6 is 0 Å². The van der Waals surface area contributed by atoms with E-state index in [9.17, 15) is 19.5 Å². The molecule has 2 saturated heterocycles. The van der Waals surface area contributed by atoms with Crippen molar-refractivity contribution in [2.24, 2.45) is 5.92 Å². The fraction of sp³-hybridized carbons (Fsp3) is 0.444. The minimum Gasteiger partial charge on any atom is -0.479 e. The van der Waals surface area contributed by atoms with Gasteiger partial charge in [-0.15, -0.1) is 0 Å². The average Bonchev–Trinajstić information content (AvgIpc) is 3.50. The quantitative estimate of drug-likeness (QED) is 0.572. The minimum atomic E-state index is -1.06. The predicted octanol–water partition coefficient (Wildman–Crippen LogP) is 3.40. The molecule has 184 valence electrons. The number of hydrogen-bond donors (Lipinski definition) is 2. The van der Waals surface area contributed by atoms with E-state index in [1.165, 1.54) is 4.90 Å². The maximum Gasteiger partial charge on any atom is 0.407 e. The highest BCUT2D eigenvalue weighted by Gasteiger charge is 2.62. The molecule has 0 radical (unpaired) electrons. The molecule has 8 nitrogen and oxygen atoms in total. The SMILES string of the molecule is CCOC(CNC(=O)OCC1c2ccccc2-c2ccccc21)CC(=O)N1CC2CC1(C(=O)O)C2. The van der Waals surface area contributed by atoms with Gasteiger partial charge in [-0.1, -0.05) is 48.5 Å². The van der Waals surface area contributed by atoms with Gasteiger partial charge in [-0.25, -0.2) is 9.59 Å². The fourth-order valence-corrected chi connectivity index (χ4v) is 5.89. The Morgan fingerprint density at radius 3 is 2.31 bits per heavy atom. The molecule has 2 amide bonds. The number of carbonyl (C=O) groups excluding carboxylic acids is 2. The van der Waals surface area contributed by atoms with Crippen LogP contribution < -0.4 is 5.32 Å². The molecule has 1 unspecified atom stereocenters. The Hall–Kier alpha value is -3.39. The van der Waals surface area contributed by atoms with Crippen molar-refractivity contribution in [3.05, 3.63) is 59.7 Å². The van der Waals surface area contributed by atoms with Crippen molar-refractivity contribution < 1.29 is 29.0 Å². The summed E-state index contributed by atoms with van der Waals surface area (Å²) in [4.78, 5) is 38.6. The molecule has 1 saturated carbocycles. The Morgan fingerprint density at radius 1 is 1.09 bits per heavy atom. The lowest BCUT2D eigenvalue weighted by Gasteiger charge is -2.38. The van der Waals surface area contributed by atoms with Crippen molar-refractivity contribution in [2.45, 2.75) is 43.7 Å². The third kappa shape index (κ3) is 4.16. The second kappa shape index (κ2) is 9.34. The van der Waals surface area contributed by atoms with E-state index in [1.807, 2.05) is 31.2 Å². The molecule has 6 rings (SSSR count). The third-order valence-corrected chi connectivity index (χ3v) is 7.53. The molecular weight excluding hydrogens is 448 g/mol. The van der Waals surface area contributed by atoms with Gasteiger partial charge in [-0.05, 0) is 47.9 Å². The number of rotatable bonds is 9. The van der Waals surface area contributed by atoms with Crippen LogP contribution in [0, 0.1) is 5.92 Å². The number of amides is 2. The normalized spacial score (nSPS) is 22.7. The van der Waals surface area contributed by atoms with E-state index < -0.39 is 23.7 Å². The first kappa shape index (κ1) is 23.4. The highest BCUT2D eigenvalue weighted by molar-refractivity contribution is 5.89. The smallest absolute Gasteiger partial charge is 0.407 e. The van der Waals surface area contributed by atoms with Crippen LogP contribution in [-0.2, 0) is 19.1 Å². The summed E-state index contributed by atoms with van der Waals surface area (Å²) < 4.78 is 11.2. The maximum atomic E-state index is 12.9. The van der Waals surface area contributed by atoms with Gasteiger partial charge in [-0.2, -0.15) is 0 Å². The van der Waals surface area contributed by atoms with Gasteiger partial charge in [0.15, 0.2) is 0 Å². The number of nitrogens with zero attached hydrogens (tertiary/aromatic N) is 1. The number of alkyl carbamates (subject to hydrolysis) is 1. The van der Waals surface area contributed by atoms with Crippen LogP contribution in [0.15, 0.2) is 48.5 Å². The van der Waals surface area contributed by atoms with Crippen LogP contribution in [0.4, 0.5) is 4.79 Å². The summed E-state index contributed by atoms with van der Waals surface area (Å²) in [5.41, 5.74) is 3.53. The van der Waals surface area contributed by atoms with E-state index in [2.05, 4.69) is 29.6 Å². The molecule has 2 aliphatic carbocycles. The summed E-state index contributed by atoms with van der Waals surface area (Å²) in [7, 11) is 0. The van der Waals surface area contributed by atoms with Crippen molar-refractivity contribution >= 4 is 18.0 Å². The largest absolute Gasteiger partial charge is 0.479 e. The van der Waals surface area contributed by atoms with E-state index in [0.29, 0.717) is 26.0 Å². The molecule has 4 aliphatic rings. The zero-order chi connectivity index (χ0) is 24.6. The Balaban J connectivity index is 1.16. The van der Waals surface area contributed by atoms with Gasteiger partial charge in [0.2, 0.25) is 5.91 Å². The van der Waals surface area contributed by atoms with Crippen LogP contribution in [-0.4, -0.2) is 65.9 Å². The van der Waals surface area contributed by atoms with Gasteiger partial charge < -0.3 is 24.8 Å². The lowest BCUT2D eigenvalue weighted by Crippen LogP contribution is -2.55. The first-order valence-corrected chi connectivity index (χ1v) is 12.2. The molecule has 3 fully saturated rings. The molecule has 2 N–H and O–H groups in total. The van der Waals surface area contributed by atoms with Gasteiger partial charge in [0, 0.05) is 25.6 Å². The Kier molecular flexibility index (Phi) is 6.23. The summed E-state index contributed by atoms with van der Waals surface area (Å²) in [5.74, 6) is -0.963. The van der Waals surface area contributed by atoms with Crippen molar-refractivity contribution in [3.8, 4) is 11.1 Å². The molecule has 35 heavy (non-hydrogen) atoms. The van der Waals surface area contributed by atoms with Gasteiger partial charge in [-0.3, -0.25) is 4.79 Å². The van der Waals surface area contributed by atoms with E-state index in [0.717, 1.165) is 22.3 Å². The van der Waals surface area contributed by atoms with Crippen LogP contribution in [0.2, 0.25) is 0 Å². The summed E-state index contributed by atoms with van der Waals surface area (Å²) >= 11 is 0. The second-order valence-corrected chi connectivity index (χ2v) is 9.60. The molecule has 1 atom stereocenters. The van der Waals surface area contributed by atoms with Crippen LogP contribution in [0.25, 0.3) is 11.1 Å². The molecule has 0 aromatic heterocycles. The molecule has 2 bridgehead atoms. The number of aliphatic carboxylic acids is 1. The van der Waals surface area contributed by atoms with E-state index in [4.69, 9.17) is 9.47 Å². The lowest BCUT2D eigenvalue weighted by molar-refractivity contribution is -0.159. The average molecular weight is 479 g/mol. The number of fused-ring (bicyclic) bond motifs is 4. The number of nitrogens with one attached hydrogen (secondary N) is 1. The number of carboxylic acid groups (broad SMARTS) is 1. The van der Waals surface area contributed by atoms with Gasteiger partial charge in [0.1, 0.15) is 12.1 Å². The third-order valence-electron chi connectivity index (χ3n) is 7.53. The van der Waals surface area contributed by atoms with Gasteiger partial charge in [0.05, 0.1) is 12.5 Å². The van der Waals surface area contributed by atoms with E-state index >= 15 is 0 Å². The van der Waals surface area contributed by atoms with E-state index in [-0.39, 0.29) is 37.3 Å². The minimum absolute atomic E-state index is 0.0131. The van der Waals surface area contributed by atoms with Crippen molar-refractivity contribution in [1.82, 2.24) is 10.2 Å². The zero-order valence-electron chi connectivity index (χ0n) is 19.7. The molecule has 8 heteroatoms. The van der Waals surface area contributed by atoms with Gasteiger partial charge in [0.25, 0.3) is 0 Å². The molecule has 0 spiro atoms. The number of carbonyl (C=O) groups is 3. The number of hydrogen-bond acceptors (Lipinski definition) is 5. The monoisotopic (exact) mass is 478 g/mol. The van der Waals surface area contributed by atoms with E-state index in [1.54, 1.807) is 0 Å². The summed E-state index contributed by atoms with van der Waals surface area (Å²) in [6.07, 6.45) is -0.0817. The molecule has 2 aromatic carbocycles. The molecular formula is C27H30N2O6. The highest BCUT2D eigenvalue weighted by atomic mass is 16.5. The van der Waals surface area contributed by atoms with Crippen molar-refractivity contribution in [1.29, 1.82) is 0 Å². The van der Waals surface area contributed by atoms with Gasteiger partial charge >= 0.3 is 12.1 Å². The second-order valence-electron chi connectivity index (χ2n) is 9.60. The number of carboxylic acids is 1. The summed E-state index contributed by atoms with van der Waals surface area (Å²) in [6, 6.07) is 16.3. The highest BCUT2D eigenvalue weighted by Crippen LogP contribution is 2.51. The first-order chi connectivity index (χ1) is 16.9. The Bertz CT molecular complexity index is 1100. The number of ether oxygens (including phenoxy) is 2. The molecule has 2 aromatic rings. The first-order valence-electron chi connectivity index (χ1n) is 12.2. The predicted molar refractivity (Wildman–Crippen MR) is 128 cm³/mol. The Morgan fingerprint density at radius 2 is 1.71 bits per heavy atom. The van der Waals surface area contributed by atoms with Crippen molar-refractivity contribution in [2.75, 3.05) is 26.3 Å². The summed E-state index contributed by atoms with van der Waals surface area (Å²) in [5, 5.41) is 12.3. The maximum absolute atomic E-state index is 12.9. The molecule has 2 aliphatic heterocycles. The topological polar surface area (TPSA) is 105 Å². The standard InChI is InChI=1S/C27H30N2O6/c1-2-34-18(11-24(30)29-15-17-12-27(29,13-17)25(31)32)14-28-26(33)35-16-23-21-9-5-3-7-19(21)20-8-4-6-10-22(20)23/h3-10,17-18,23H,2,11-16H2,1H3,(H,28,33)(H,31,32). The molecule has 2 heterocycles. The summed E-state index contributed by atoms with van der Waals surface area (Å²) in [6.45, 7) is 2.97. The lowest BCUT2D eigenvalue weighted by atomic mass is 9.73. The van der Waals surface area contributed by atoms with Crippen LogP contribution in [0.5, 0.6) is 0 Å². The zero-order valence-corrected chi connectivity index (χ0v) is 19.7. The van der Waals surface area contributed by atoms with Crippen molar-refractivity contribution in [3.63, 3.8) is 0 Å². The number of benzene rings is 2. The van der Waals surface area contributed by atoms with Crippen LogP contribution in [0.1, 0.15) is 43.2 Å².